The number of carboxylic acid groups (broad SMARTS) is 1. The lowest BCUT2D eigenvalue weighted by Gasteiger charge is -2.31. The number of piperidine rings is 1. The van der Waals surface area contributed by atoms with Gasteiger partial charge in [0.1, 0.15) is 18.1 Å². The Hall–Kier alpha value is -2.41. The summed E-state index contributed by atoms with van der Waals surface area (Å²) in [4.78, 5) is 19.3. The highest BCUT2D eigenvalue weighted by Gasteiger charge is 2.21. The summed E-state index contributed by atoms with van der Waals surface area (Å²) < 4.78 is 11.5. The third kappa shape index (κ3) is 6.19. The molecular weight excluding hydrogens is 322 g/mol. The Balaban J connectivity index is 0.000000701. The fraction of sp³-hybridized carbons (Fsp3) is 0.500. The van der Waals surface area contributed by atoms with E-state index in [-0.39, 0.29) is 6.47 Å². The summed E-state index contributed by atoms with van der Waals surface area (Å²) in [5, 5.41) is 6.89. The molecule has 1 saturated heterocycles. The van der Waals surface area contributed by atoms with E-state index in [0.29, 0.717) is 12.0 Å². The molecule has 0 bridgehead atoms. The number of nitrogens with zero attached hydrogens (tertiary/aromatic N) is 3. The van der Waals surface area contributed by atoms with E-state index in [1.54, 1.807) is 18.7 Å². The molecule has 0 amide bonds. The highest BCUT2D eigenvalue weighted by molar-refractivity contribution is 5.32. The Bertz CT molecular complexity index is 622. The molecule has 136 valence electrons. The van der Waals surface area contributed by atoms with Crippen LogP contribution in [-0.4, -0.2) is 45.6 Å². The Labute approximate surface area is 147 Å². The molecule has 2 aromatic heterocycles. The Morgan fingerprint density at radius 2 is 2.00 bits per heavy atom. The molecule has 1 aliphatic heterocycles. The number of rotatable bonds is 5. The van der Waals surface area contributed by atoms with Crippen molar-refractivity contribution < 1.29 is 19.1 Å². The van der Waals surface area contributed by atoms with E-state index in [9.17, 15) is 0 Å². The van der Waals surface area contributed by atoms with Gasteiger partial charge in [0, 0.05) is 37.9 Å². The average Bonchev–Trinajstić information content (AvgIpc) is 3.07. The summed E-state index contributed by atoms with van der Waals surface area (Å²) in [6.07, 6.45) is 7.69. The highest BCUT2D eigenvalue weighted by Crippen LogP contribution is 2.20. The van der Waals surface area contributed by atoms with Crippen LogP contribution in [0.1, 0.15) is 44.2 Å². The predicted octanol–water partition coefficient (Wildman–Crippen LogP) is 2.94. The lowest BCUT2D eigenvalue weighted by atomic mass is 10.1. The van der Waals surface area contributed by atoms with Crippen LogP contribution >= 0.6 is 0 Å². The van der Waals surface area contributed by atoms with Crippen LogP contribution in [0.2, 0.25) is 0 Å². The molecule has 0 aliphatic carbocycles. The summed E-state index contributed by atoms with van der Waals surface area (Å²) in [7, 11) is 0. The van der Waals surface area contributed by atoms with Gasteiger partial charge in [-0.25, -0.2) is 4.98 Å². The summed E-state index contributed by atoms with van der Waals surface area (Å²) in [5.41, 5.74) is 1.03. The Kier molecular flexibility index (Phi) is 7.40. The highest BCUT2D eigenvalue weighted by atomic mass is 16.5. The van der Waals surface area contributed by atoms with Gasteiger partial charge in [0.25, 0.3) is 6.47 Å². The van der Waals surface area contributed by atoms with Crippen LogP contribution in [0.3, 0.4) is 0 Å². The third-order valence-electron chi connectivity index (χ3n) is 3.94. The van der Waals surface area contributed by atoms with Gasteiger partial charge in [-0.05, 0) is 25.0 Å². The summed E-state index contributed by atoms with van der Waals surface area (Å²) in [5.74, 6) is 2.07. The van der Waals surface area contributed by atoms with Gasteiger partial charge in [-0.1, -0.05) is 13.8 Å². The minimum absolute atomic E-state index is 0.250. The largest absolute Gasteiger partial charge is 0.490 e. The predicted molar refractivity (Wildman–Crippen MR) is 92.4 cm³/mol. The molecule has 1 aliphatic rings. The van der Waals surface area contributed by atoms with Crippen molar-refractivity contribution in [1.29, 1.82) is 0 Å². The van der Waals surface area contributed by atoms with Crippen molar-refractivity contribution in [2.45, 2.75) is 45.3 Å². The number of aromatic nitrogens is 2. The van der Waals surface area contributed by atoms with Crippen molar-refractivity contribution >= 4 is 6.47 Å². The zero-order valence-electron chi connectivity index (χ0n) is 14.7. The van der Waals surface area contributed by atoms with Crippen LogP contribution in [0, 0.1) is 0 Å². The Morgan fingerprint density at radius 3 is 2.56 bits per heavy atom. The standard InChI is InChI=1S/C17H23N3O2.CH2O2/c1-13(2)17-19-14(12-21-17)11-20-9-5-16(6-10-20)22-15-3-7-18-8-4-15;2-1-3/h3-4,7-8,12-13,16H,5-6,9-11H2,1-2H3;1H,(H,2,3). The summed E-state index contributed by atoms with van der Waals surface area (Å²) >= 11 is 0. The van der Waals surface area contributed by atoms with E-state index in [1.807, 2.05) is 12.1 Å². The van der Waals surface area contributed by atoms with Crippen LogP contribution in [-0.2, 0) is 11.3 Å². The number of ether oxygens (including phenoxy) is 1. The zero-order valence-corrected chi connectivity index (χ0v) is 14.7. The van der Waals surface area contributed by atoms with Crippen molar-refractivity contribution in [3.63, 3.8) is 0 Å². The van der Waals surface area contributed by atoms with Gasteiger partial charge in [-0.2, -0.15) is 0 Å². The maximum Gasteiger partial charge on any atom is 0.290 e. The molecule has 2 aromatic rings. The molecule has 3 rings (SSSR count). The van der Waals surface area contributed by atoms with Crippen molar-refractivity contribution in [3.05, 3.63) is 42.4 Å². The number of carbonyl (C=O) groups is 1. The van der Waals surface area contributed by atoms with Gasteiger partial charge >= 0.3 is 0 Å². The van der Waals surface area contributed by atoms with E-state index in [1.165, 1.54) is 0 Å². The van der Waals surface area contributed by atoms with Crippen molar-refractivity contribution in [3.8, 4) is 5.75 Å². The molecule has 1 N–H and O–H groups in total. The number of pyridine rings is 1. The van der Waals surface area contributed by atoms with Crippen LogP contribution < -0.4 is 4.74 Å². The van der Waals surface area contributed by atoms with E-state index >= 15 is 0 Å². The zero-order chi connectivity index (χ0) is 18.1. The first-order valence-electron chi connectivity index (χ1n) is 8.43. The molecule has 0 unspecified atom stereocenters. The second-order valence-corrected chi connectivity index (χ2v) is 6.21. The fourth-order valence-electron chi connectivity index (χ4n) is 2.68. The lowest BCUT2D eigenvalue weighted by Crippen LogP contribution is -2.37. The van der Waals surface area contributed by atoms with Gasteiger partial charge in [0.2, 0.25) is 0 Å². The Morgan fingerprint density at radius 1 is 1.36 bits per heavy atom. The molecule has 7 heteroatoms. The molecule has 25 heavy (non-hydrogen) atoms. The number of hydrogen-bond acceptors (Lipinski definition) is 6. The molecule has 0 aromatic carbocycles. The monoisotopic (exact) mass is 347 g/mol. The van der Waals surface area contributed by atoms with Gasteiger partial charge < -0.3 is 14.3 Å². The van der Waals surface area contributed by atoms with Crippen LogP contribution in [0.25, 0.3) is 0 Å². The normalized spacial score (nSPS) is 15.5. The molecule has 7 nitrogen and oxygen atoms in total. The van der Waals surface area contributed by atoms with Crippen molar-refractivity contribution in [2.75, 3.05) is 13.1 Å². The quantitative estimate of drug-likeness (QED) is 0.832. The first kappa shape index (κ1) is 18.9. The SMILES string of the molecule is CC(C)c1nc(CN2CCC(Oc3ccncc3)CC2)co1.O=CO. The fourth-order valence-corrected chi connectivity index (χ4v) is 2.68. The van der Waals surface area contributed by atoms with E-state index in [2.05, 4.69) is 28.7 Å². The maximum absolute atomic E-state index is 8.36. The molecular formula is C18H25N3O4. The van der Waals surface area contributed by atoms with Gasteiger partial charge in [0.05, 0.1) is 5.69 Å². The molecule has 3 heterocycles. The molecule has 1 fully saturated rings. The van der Waals surface area contributed by atoms with Gasteiger partial charge in [-0.3, -0.25) is 14.7 Å². The molecule has 0 atom stereocenters. The minimum Gasteiger partial charge on any atom is -0.490 e. The minimum atomic E-state index is -0.250. The first-order chi connectivity index (χ1) is 12.1. The van der Waals surface area contributed by atoms with Gasteiger partial charge in [-0.15, -0.1) is 0 Å². The smallest absolute Gasteiger partial charge is 0.290 e. The van der Waals surface area contributed by atoms with Gasteiger partial charge in [0.15, 0.2) is 5.89 Å². The maximum atomic E-state index is 8.36. The van der Waals surface area contributed by atoms with E-state index in [0.717, 1.165) is 49.8 Å². The lowest BCUT2D eigenvalue weighted by molar-refractivity contribution is -0.122. The topological polar surface area (TPSA) is 88.7 Å². The number of hydrogen-bond donors (Lipinski definition) is 1. The van der Waals surface area contributed by atoms with Crippen LogP contribution in [0.4, 0.5) is 0 Å². The number of oxazole rings is 1. The first-order valence-corrected chi connectivity index (χ1v) is 8.43. The van der Waals surface area contributed by atoms with Crippen molar-refractivity contribution in [2.24, 2.45) is 0 Å². The molecule has 0 saturated carbocycles. The molecule has 0 spiro atoms. The van der Waals surface area contributed by atoms with Crippen molar-refractivity contribution in [1.82, 2.24) is 14.9 Å². The summed E-state index contributed by atoms with van der Waals surface area (Å²) in [6.45, 7) is 6.85. The average molecular weight is 347 g/mol. The van der Waals surface area contributed by atoms with Crippen LogP contribution in [0.15, 0.2) is 35.2 Å². The summed E-state index contributed by atoms with van der Waals surface area (Å²) in [6, 6.07) is 3.82. The second-order valence-electron chi connectivity index (χ2n) is 6.21. The van der Waals surface area contributed by atoms with Crippen LogP contribution in [0.5, 0.6) is 5.75 Å². The van der Waals surface area contributed by atoms with E-state index < -0.39 is 0 Å². The van der Waals surface area contributed by atoms with E-state index in [4.69, 9.17) is 19.1 Å². The third-order valence-corrected chi connectivity index (χ3v) is 3.94. The number of likely N-dealkylation sites (tertiary alicyclic amines) is 1. The second kappa shape index (κ2) is 9.78. The molecule has 0 radical (unpaired) electrons.